The van der Waals surface area contributed by atoms with E-state index in [1.54, 1.807) is 18.3 Å². The van der Waals surface area contributed by atoms with E-state index in [9.17, 15) is 4.79 Å². The zero-order chi connectivity index (χ0) is 19.2. The van der Waals surface area contributed by atoms with E-state index < -0.39 is 0 Å². The average molecular weight is 454 g/mol. The van der Waals surface area contributed by atoms with Gasteiger partial charge in [-0.05, 0) is 65.2 Å². The fourth-order valence-corrected chi connectivity index (χ4v) is 3.10. The molecular formula is C19H18BrClN2O4. The summed E-state index contributed by atoms with van der Waals surface area (Å²) in [5.74, 6) is 1.92. The lowest BCUT2D eigenvalue weighted by atomic mass is 10.2. The molecule has 0 aliphatic carbocycles. The first-order valence-corrected chi connectivity index (χ1v) is 9.50. The Morgan fingerprint density at radius 2 is 2.11 bits per heavy atom. The van der Waals surface area contributed by atoms with Gasteiger partial charge in [-0.1, -0.05) is 11.6 Å². The summed E-state index contributed by atoms with van der Waals surface area (Å²) >= 11 is 9.35. The number of rotatable bonds is 7. The van der Waals surface area contributed by atoms with Crippen LogP contribution < -0.4 is 19.6 Å². The highest BCUT2D eigenvalue weighted by molar-refractivity contribution is 9.10. The first-order chi connectivity index (χ1) is 13.0. The van der Waals surface area contributed by atoms with Crippen molar-refractivity contribution in [1.82, 2.24) is 5.43 Å². The van der Waals surface area contributed by atoms with E-state index in [2.05, 4.69) is 26.5 Å². The number of halogens is 2. The number of carbonyl (C=O) groups excluding carboxylic acids is 1. The van der Waals surface area contributed by atoms with Crippen molar-refractivity contribution in [2.75, 3.05) is 13.4 Å². The predicted molar refractivity (Wildman–Crippen MR) is 107 cm³/mol. The monoisotopic (exact) mass is 452 g/mol. The highest BCUT2D eigenvalue weighted by atomic mass is 79.9. The highest BCUT2D eigenvalue weighted by Gasteiger charge is 2.15. The molecule has 0 aromatic heterocycles. The minimum atomic E-state index is -0.181. The average Bonchev–Trinajstić information content (AvgIpc) is 3.07. The zero-order valence-electron chi connectivity index (χ0n) is 14.6. The van der Waals surface area contributed by atoms with Crippen molar-refractivity contribution in [3.8, 4) is 17.2 Å². The van der Waals surface area contributed by atoms with Crippen molar-refractivity contribution in [3.05, 3.63) is 51.0 Å². The second kappa shape index (κ2) is 9.10. The number of fused-ring (bicyclic) bond motifs is 1. The molecular weight excluding hydrogens is 436 g/mol. The number of hydrogen-bond acceptors (Lipinski definition) is 5. The first-order valence-electron chi connectivity index (χ1n) is 8.33. The van der Waals surface area contributed by atoms with E-state index in [0.717, 1.165) is 21.3 Å². The maximum atomic E-state index is 11.9. The maximum absolute atomic E-state index is 11.9. The van der Waals surface area contributed by atoms with Crippen molar-refractivity contribution in [1.29, 1.82) is 0 Å². The summed E-state index contributed by atoms with van der Waals surface area (Å²) in [6.45, 7) is 2.57. The predicted octanol–water partition coefficient (Wildman–Crippen LogP) is 4.45. The van der Waals surface area contributed by atoms with Gasteiger partial charge in [-0.2, -0.15) is 5.10 Å². The number of aryl methyl sites for hydroxylation is 1. The molecule has 1 aliphatic heterocycles. The van der Waals surface area contributed by atoms with Gasteiger partial charge in [0.15, 0.2) is 11.5 Å². The zero-order valence-corrected chi connectivity index (χ0v) is 17.0. The largest absolute Gasteiger partial charge is 0.493 e. The Balaban J connectivity index is 1.41. The van der Waals surface area contributed by atoms with Crippen LogP contribution in [0.5, 0.6) is 17.2 Å². The highest BCUT2D eigenvalue weighted by Crippen LogP contribution is 2.36. The Hall–Kier alpha value is -2.25. The third kappa shape index (κ3) is 5.37. The summed E-state index contributed by atoms with van der Waals surface area (Å²) in [5, 5.41) is 4.65. The lowest BCUT2D eigenvalue weighted by molar-refractivity contribution is -0.121. The Morgan fingerprint density at radius 1 is 1.33 bits per heavy atom. The second-order valence-electron chi connectivity index (χ2n) is 5.88. The first kappa shape index (κ1) is 19.5. The van der Waals surface area contributed by atoms with Crippen LogP contribution in [0.15, 0.2) is 39.9 Å². The van der Waals surface area contributed by atoms with E-state index in [0.29, 0.717) is 36.0 Å². The molecule has 1 N–H and O–H groups in total. The van der Waals surface area contributed by atoms with Crippen LogP contribution in [-0.2, 0) is 4.79 Å². The van der Waals surface area contributed by atoms with Crippen molar-refractivity contribution >= 4 is 39.7 Å². The fourth-order valence-electron chi connectivity index (χ4n) is 2.45. The summed E-state index contributed by atoms with van der Waals surface area (Å²) < 4.78 is 17.1. The van der Waals surface area contributed by atoms with Gasteiger partial charge < -0.3 is 14.2 Å². The molecule has 6 nitrogen and oxygen atoms in total. The van der Waals surface area contributed by atoms with Crippen LogP contribution in [0.3, 0.4) is 0 Å². The number of benzene rings is 2. The Bertz CT molecular complexity index is 873. The van der Waals surface area contributed by atoms with E-state index in [4.69, 9.17) is 25.8 Å². The summed E-state index contributed by atoms with van der Waals surface area (Å²) in [4.78, 5) is 11.9. The van der Waals surface area contributed by atoms with Crippen LogP contribution in [-0.4, -0.2) is 25.5 Å². The van der Waals surface area contributed by atoms with Gasteiger partial charge >= 0.3 is 0 Å². The topological polar surface area (TPSA) is 69.2 Å². The number of hydrazone groups is 1. The Labute approximate surface area is 170 Å². The molecule has 8 heteroatoms. The SMILES string of the molecule is Cc1cc(Cl)ccc1OCCCC(=O)N/N=C\c1cc2c(cc1Br)OCO2. The van der Waals surface area contributed by atoms with Crippen molar-refractivity contribution in [2.45, 2.75) is 19.8 Å². The Morgan fingerprint density at radius 3 is 2.89 bits per heavy atom. The van der Waals surface area contributed by atoms with Crippen molar-refractivity contribution < 1.29 is 19.0 Å². The molecule has 0 saturated heterocycles. The smallest absolute Gasteiger partial charge is 0.240 e. The molecule has 0 bridgehead atoms. The minimum absolute atomic E-state index is 0.181. The summed E-state index contributed by atoms with van der Waals surface area (Å²) in [6, 6.07) is 9.05. The minimum Gasteiger partial charge on any atom is -0.493 e. The molecule has 142 valence electrons. The van der Waals surface area contributed by atoms with Crippen LogP contribution in [0.2, 0.25) is 5.02 Å². The molecule has 0 atom stereocenters. The third-order valence-electron chi connectivity index (χ3n) is 3.83. The van der Waals surface area contributed by atoms with E-state index >= 15 is 0 Å². The van der Waals surface area contributed by atoms with Gasteiger partial charge in [0.25, 0.3) is 0 Å². The number of nitrogens with zero attached hydrogens (tertiary/aromatic N) is 1. The van der Waals surface area contributed by atoms with Crippen LogP contribution in [0.4, 0.5) is 0 Å². The van der Waals surface area contributed by atoms with Gasteiger partial charge in [0, 0.05) is 21.5 Å². The third-order valence-corrected chi connectivity index (χ3v) is 4.75. The normalized spacial score (nSPS) is 12.4. The lowest BCUT2D eigenvalue weighted by Crippen LogP contribution is -2.18. The maximum Gasteiger partial charge on any atom is 0.240 e. The molecule has 27 heavy (non-hydrogen) atoms. The molecule has 0 fully saturated rings. The van der Waals surface area contributed by atoms with Crippen LogP contribution in [0, 0.1) is 6.92 Å². The molecule has 3 rings (SSSR count). The molecule has 0 unspecified atom stereocenters. The van der Waals surface area contributed by atoms with Gasteiger partial charge in [-0.3, -0.25) is 4.79 Å². The van der Waals surface area contributed by atoms with Gasteiger partial charge in [-0.15, -0.1) is 0 Å². The molecule has 0 radical (unpaired) electrons. The van der Waals surface area contributed by atoms with Gasteiger partial charge in [0.05, 0.1) is 12.8 Å². The number of ether oxygens (including phenoxy) is 3. The molecule has 0 spiro atoms. The lowest BCUT2D eigenvalue weighted by Gasteiger charge is -2.08. The molecule has 0 saturated carbocycles. The van der Waals surface area contributed by atoms with Crippen LogP contribution in [0.25, 0.3) is 0 Å². The van der Waals surface area contributed by atoms with E-state index in [1.165, 1.54) is 0 Å². The standard InChI is InChI=1S/C19H18BrClN2O4/c1-12-7-14(21)4-5-16(12)25-6-2-3-19(24)23-22-10-13-8-17-18(9-15(13)20)27-11-26-17/h4-5,7-10H,2-3,6,11H2,1H3,(H,23,24)/b22-10-. The second-order valence-corrected chi connectivity index (χ2v) is 7.17. The molecule has 2 aromatic rings. The molecule has 1 aliphatic rings. The molecule has 1 heterocycles. The number of carbonyl (C=O) groups is 1. The Kier molecular flexibility index (Phi) is 6.58. The van der Waals surface area contributed by atoms with E-state index in [-0.39, 0.29) is 12.7 Å². The summed E-state index contributed by atoms with van der Waals surface area (Å²) in [7, 11) is 0. The number of amides is 1. The van der Waals surface area contributed by atoms with E-state index in [1.807, 2.05) is 25.1 Å². The quantitative estimate of drug-likeness (QED) is 0.382. The number of hydrogen-bond donors (Lipinski definition) is 1. The van der Waals surface area contributed by atoms with Crippen molar-refractivity contribution in [2.24, 2.45) is 5.10 Å². The van der Waals surface area contributed by atoms with Gasteiger partial charge in [0.1, 0.15) is 5.75 Å². The fraction of sp³-hybridized carbons (Fsp3) is 0.263. The summed E-state index contributed by atoms with van der Waals surface area (Å²) in [5.41, 5.74) is 4.25. The van der Waals surface area contributed by atoms with Crippen LogP contribution >= 0.6 is 27.5 Å². The van der Waals surface area contributed by atoms with Crippen LogP contribution in [0.1, 0.15) is 24.0 Å². The number of nitrogens with one attached hydrogen (secondary N) is 1. The molecule has 1 amide bonds. The van der Waals surface area contributed by atoms with Gasteiger partial charge in [-0.25, -0.2) is 5.43 Å². The summed E-state index contributed by atoms with van der Waals surface area (Å²) in [6.07, 6.45) is 2.45. The molecule has 2 aromatic carbocycles. The van der Waals surface area contributed by atoms with Crippen molar-refractivity contribution in [3.63, 3.8) is 0 Å². The van der Waals surface area contributed by atoms with Gasteiger partial charge in [0.2, 0.25) is 12.7 Å².